The Bertz CT molecular complexity index is 1140. The number of nitrogens with zero attached hydrogens (tertiary/aromatic N) is 4. The molecule has 0 aliphatic carbocycles. The van der Waals surface area contributed by atoms with E-state index in [0.29, 0.717) is 18.7 Å². The Kier molecular flexibility index (Phi) is 6.89. The maximum Gasteiger partial charge on any atom is 0.216 e. The zero-order valence-electron chi connectivity index (χ0n) is 15.7. The van der Waals surface area contributed by atoms with E-state index in [2.05, 4.69) is 31.5 Å². The minimum Gasteiger partial charge on any atom is -0.476 e. The van der Waals surface area contributed by atoms with Crippen LogP contribution >= 0.6 is 0 Å². The van der Waals surface area contributed by atoms with Crippen molar-refractivity contribution in [1.29, 1.82) is 5.26 Å². The summed E-state index contributed by atoms with van der Waals surface area (Å²) in [5.41, 5.74) is 8.37. The third kappa shape index (κ3) is 5.16. The number of nitriles is 1. The van der Waals surface area contributed by atoms with Gasteiger partial charge in [-0.25, -0.2) is 4.99 Å². The maximum absolute atomic E-state index is 8.55. The highest BCUT2D eigenvalue weighted by Gasteiger charge is 2.10. The molecule has 5 N–H and O–H groups in total. The number of aliphatic hydroxyl groups excluding tert-OH is 1. The summed E-state index contributed by atoms with van der Waals surface area (Å²) in [5, 5.41) is 32.0. The summed E-state index contributed by atoms with van der Waals surface area (Å²) in [6.07, 6.45) is 3.53. The van der Waals surface area contributed by atoms with Crippen molar-refractivity contribution in [3.05, 3.63) is 59.9 Å². The number of rotatable bonds is 2. The van der Waals surface area contributed by atoms with E-state index in [4.69, 9.17) is 20.8 Å². The lowest BCUT2D eigenvalue weighted by atomic mass is 10.2. The van der Waals surface area contributed by atoms with Crippen LogP contribution < -0.4 is 5.73 Å². The summed E-state index contributed by atoms with van der Waals surface area (Å²) in [4.78, 5) is 4.26. The molecule has 2 aromatic heterocycles. The second-order valence-corrected chi connectivity index (χ2v) is 6.00. The number of hydrogen-bond donors (Lipinski definition) is 4. The van der Waals surface area contributed by atoms with E-state index in [1.165, 1.54) is 0 Å². The molecule has 0 amide bonds. The average molecular weight is 391 g/mol. The number of hydrogen-bond acceptors (Lipinski definition) is 7. The van der Waals surface area contributed by atoms with Crippen LogP contribution in [-0.2, 0) is 4.74 Å². The van der Waals surface area contributed by atoms with Gasteiger partial charge in [-0.1, -0.05) is 6.07 Å². The molecule has 0 radical (unpaired) electrons. The number of H-pyrrole nitrogens is 2. The van der Waals surface area contributed by atoms with Gasteiger partial charge in [0.1, 0.15) is 6.61 Å². The Hall–Kier alpha value is -3.74. The Morgan fingerprint density at radius 1 is 1.07 bits per heavy atom. The van der Waals surface area contributed by atoms with Gasteiger partial charge >= 0.3 is 0 Å². The Balaban J connectivity index is 0.000000144. The van der Waals surface area contributed by atoms with Crippen molar-refractivity contribution in [2.45, 2.75) is 0 Å². The van der Waals surface area contributed by atoms with Crippen molar-refractivity contribution in [3.63, 3.8) is 0 Å². The molecule has 2 aromatic carbocycles. The molecule has 0 spiro atoms. The topological polar surface area (TPSA) is 149 Å². The fourth-order valence-corrected chi connectivity index (χ4v) is 2.59. The van der Waals surface area contributed by atoms with Gasteiger partial charge in [0.25, 0.3) is 0 Å². The molecule has 1 aliphatic rings. The van der Waals surface area contributed by atoms with Gasteiger partial charge < -0.3 is 15.6 Å². The molecule has 9 heteroatoms. The smallest absolute Gasteiger partial charge is 0.216 e. The van der Waals surface area contributed by atoms with Crippen molar-refractivity contribution >= 4 is 27.7 Å². The number of nitrogens with one attached hydrogen (secondary N) is 2. The molecular formula is C20H21N7O2. The molecular weight excluding hydrogens is 370 g/mol. The van der Waals surface area contributed by atoms with Gasteiger partial charge in [0, 0.05) is 22.9 Å². The van der Waals surface area contributed by atoms with Crippen LogP contribution in [0.1, 0.15) is 11.1 Å². The first kappa shape index (κ1) is 20.0. The number of ether oxygens (including phenoxy) is 1. The second-order valence-electron chi connectivity index (χ2n) is 6.00. The number of fused-ring (bicyclic) bond motifs is 2. The predicted molar refractivity (Wildman–Crippen MR) is 110 cm³/mol. The van der Waals surface area contributed by atoms with Crippen LogP contribution in [0.25, 0.3) is 21.8 Å². The van der Waals surface area contributed by atoms with Crippen LogP contribution in [0, 0.1) is 11.3 Å². The van der Waals surface area contributed by atoms with Crippen LogP contribution in [0.15, 0.2) is 53.8 Å². The number of benzene rings is 2. The molecule has 0 bridgehead atoms. The van der Waals surface area contributed by atoms with E-state index in [0.717, 1.165) is 39.8 Å². The fraction of sp³-hybridized carbons (Fsp3) is 0.200. The van der Waals surface area contributed by atoms with Gasteiger partial charge in [0.05, 0.1) is 48.2 Å². The van der Waals surface area contributed by atoms with Crippen molar-refractivity contribution in [2.24, 2.45) is 10.7 Å². The highest BCUT2D eigenvalue weighted by atomic mass is 16.5. The molecule has 5 rings (SSSR count). The fourth-order valence-electron chi connectivity index (χ4n) is 2.59. The monoisotopic (exact) mass is 391 g/mol. The lowest BCUT2D eigenvalue weighted by Crippen LogP contribution is -2.02. The number of aromatic amines is 2. The predicted octanol–water partition coefficient (Wildman–Crippen LogP) is 1.71. The van der Waals surface area contributed by atoms with Crippen LogP contribution in [0.2, 0.25) is 0 Å². The quantitative estimate of drug-likeness (QED) is 0.409. The van der Waals surface area contributed by atoms with Crippen LogP contribution in [0.4, 0.5) is 0 Å². The SMILES string of the molecule is N#Cc1ccc2cn[nH]c2c1.NCCO.c1cc2cn[nH]c2cc1C1=NCCO1. The van der Waals surface area contributed by atoms with E-state index < -0.39 is 0 Å². The molecule has 4 aromatic rings. The van der Waals surface area contributed by atoms with E-state index in [1.807, 2.05) is 24.3 Å². The Labute approximate surface area is 166 Å². The number of aliphatic imine (C=N–C) groups is 1. The number of nitrogens with two attached hydrogens (primary N) is 1. The molecule has 0 saturated carbocycles. The van der Waals surface area contributed by atoms with E-state index in [1.54, 1.807) is 24.5 Å². The summed E-state index contributed by atoms with van der Waals surface area (Å²) in [7, 11) is 0. The lowest BCUT2D eigenvalue weighted by molar-refractivity contribution is 0.306. The molecule has 0 fully saturated rings. The summed E-state index contributed by atoms with van der Waals surface area (Å²) >= 11 is 0. The van der Waals surface area contributed by atoms with Crippen molar-refractivity contribution in [2.75, 3.05) is 26.3 Å². The number of aliphatic hydroxyl groups is 1. The molecule has 0 atom stereocenters. The molecule has 148 valence electrons. The zero-order chi connectivity index (χ0) is 20.5. The maximum atomic E-state index is 8.55. The number of aromatic nitrogens is 4. The van der Waals surface area contributed by atoms with Crippen molar-refractivity contribution in [3.8, 4) is 6.07 Å². The average Bonchev–Trinajstić information content (AvgIpc) is 3.54. The molecule has 0 unspecified atom stereocenters. The van der Waals surface area contributed by atoms with E-state index in [-0.39, 0.29) is 6.61 Å². The summed E-state index contributed by atoms with van der Waals surface area (Å²) < 4.78 is 5.38. The Morgan fingerprint density at radius 2 is 1.72 bits per heavy atom. The normalized spacial score (nSPS) is 12.2. The van der Waals surface area contributed by atoms with Crippen LogP contribution in [-0.4, -0.2) is 57.7 Å². The summed E-state index contributed by atoms with van der Waals surface area (Å²) in [5.74, 6) is 0.738. The van der Waals surface area contributed by atoms with Gasteiger partial charge in [-0.3, -0.25) is 10.2 Å². The molecule has 3 heterocycles. The molecule has 1 aliphatic heterocycles. The standard InChI is InChI=1S/C10H9N3O.C8H5N3.C2H7NO/c1-2-8-6-12-13-9(8)5-7(1)10-11-3-4-14-10;9-4-6-1-2-7-5-10-11-8(7)3-6;3-1-2-4/h1-2,5-6H,3-4H2,(H,12,13);1-3,5H,(H,10,11);4H,1-3H2. The zero-order valence-corrected chi connectivity index (χ0v) is 15.7. The van der Waals surface area contributed by atoms with Gasteiger partial charge in [0.15, 0.2) is 0 Å². The lowest BCUT2D eigenvalue weighted by Gasteiger charge is -2.00. The van der Waals surface area contributed by atoms with Gasteiger partial charge in [-0.05, 0) is 30.3 Å². The van der Waals surface area contributed by atoms with Crippen molar-refractivity contribution < 1.29 is 9.84 Å². The van der Waals surface area contributed by atoms with Crippen LogP contribution in [0.5, 0.6) is 0 Å². The first-order chi connectivity index (χ1) is 14.2. The second kappa shape index (κ2) is 9.98. The highest BCUT2D eigenvalue weighted by Crippen LogP contribution is 2.15. The first-order valence-corrected chi connectivity index (χ1v) is 9.00. The third-order valence-corrected chi connectivity index (χ3v) is 3.97. The summed E-state index contributed by atoms with van der Waals surface area (Å²) in [6.45, 7) is 1.92. The van der Waals surface area contributed by atoms with Gasteiger partial charge in [-0.2, -0.15) is 15.5 Å². The largest absolute Gasteiger partial charge is 0.476 e. The van der Waals surface area contributed by atoms with E-state index >= 15 is 0 Å². The van der Waals surface area contributed by atoms with Crippen molar-refractivity contribution in [1.82, 2.24) is 20.4 Å². The van der Waals surface area contributed by atoms with Crippen LogP contribution in [0.3, 0.4) is 0 Å². The van der Waals surface area contributed by atoms with Gasteiger partial charge in [-0.15, -0.1) is 0 Å². The molecule has 29 heavy (non-hydrogen) atoms. The first-order valence-electron chi connectivity index (χ1n) is 9.00. The highest BCUT2D eigenvalue weighted by molar-refractivity contribution is 5.98. The summed E-state index contributed by atoms with van der Waals surface area (Å²) in [6, 6.07) is 13.5. The Morgan fingerprint density at radius 3 is 2.31 bits per heavy atom. The van der Waals surface area contributed by atoms with E-state index in [9.17, 15) is 0 Å². The minimum absolute atomic E-state index is 0.0972. The molecule has 0 saturated heterocycles. The minimum atomic E-state index is 0.0972. The molecule has 9 nitrogen and oxygen atoms in total. The van der Waals surface area contributed by atoms with Gasteiger partial charge in [0.2, 0.25) is 5.90 Å². The third-order valence-electron chi connectivity index (χ3n) is 3.97.